The molecule has 9 nitrogen and oxygen atoms in total. The summed E-state index contributed by atoms with van der Waals surface area (Å²) >= 11 is 0. The molecule has 166 valence electrons. The van der Waals surface area contributed by atoms with Crippen LogP contribution in [0.1, 0.15) is 20.7 Å². The zero-order valence-corrected chi connectivity index (χ0v) is 17.2. The highest BCUT2D eigenvalue weighted by atomic mass is 19.1. The molecule has 0 fully saturated rings. The van der Waals surface area contributed by atoms with Crippen molar-refractivity contribution >= 4 is 23.4 Å². The Morgan fingerprint density at radius 3 is 2.39 bits per heavy atom. The van der Waals surface area contributed by atoms with Crippen molar-refractivity contribution in [3.8, 4) is 11.5 Å². The highest BCUT2D eigenvalue weighted by Crippen LogP contribution is 2.22. The van der Waals surface area contributed by atoms with Crippen molar-refractivity contribution in [1.29, 1.82) is 0 Å². The van der Waals surface area contributed by atoms with Gasteiger partial charge in [0.05, 0.1) is 18.4 Å². The van der Waals surface area contributed by atoms with E-state index in [2.05, 4.69) is 15.7 Å². The van der Waals surface area contributed by atoms with Crippen LogP contribution in [0.4, 0.5) is 10.1 Å². The average molecular weight is 446 g/mol. The van der Waals surface area contributed by atoms with E-state index in [0.717, 1.165) is 0 Å². The Labute approximate surface area is 187 Å². The van der Waals surface area contributed by atoms with Crippen LogP contribution in [0.15, 0.2) is 79.3 Å². The van der Waals surface area contributed by atoms with Crippen LogP contribution in [0.2, 0.25) is 0 Å². The minimum atomic E-state index is -0.663. The number of nitrogens with two attached hydrogens (primary N) is 1. The van der Waals surface area contributed by atoms with Crippen molar-refractivity contribution in [2.75, 3.05) is 11.9 Å². The number of primary amides is 1. The van der Waals surface area contributed by atoms with Gasteiger partial charge >= 0.3 is 0 Å². The predicted octanol–water partition coefficient (Wildman–Crippen LogP) is 2.27. The van der Waals surface area contributed by atoms with E-state index in [1.54, 1.807) is 59.4 Å². The van der Waals surface area contributed by atoms with Gasteiger partial charge in [-0.15, -0.1) is 0 Å². The number of rotatable bonds is 7. The molecule has 0 unspecified atom stereocenters. The third kappa shape index (κ3) is 4.79. The van der Waals surface area contributed by atoms with Crippen molar-refractivity contribution in [2.45, 2.75) is 0 Å². The third-order valence-corrected chi connectivity index (χ3v) is 4.71. The van der Waals surface area contributed by atoms with Gasteiger partial charge in [-0.25, -0.2) is 9.07 Å². The number of hydrogen-bond donors (Lipinski definition) is 3. The number of nitrogens with zero attached hydrogens (tertiary/aromatic N) is 3. The summed E-state index contributed by atoms with van der Waals surface area (Å²) in [7, 11) is 0. The van der Waals surface area contributed by atoms with Crippen LogP contribution in [-0.2, 0) is 4.79 Å². The Hall–Kier alpha value is -4.73. The molecule has 0 spiro atoms. The van der Waals surface area contributed by atoms with E-state index < -0.39 is 17.7 Å². The van der Waals surface area contributed by atoms with E-state index in [1.165, 1.54) is 29.1 Å². The van der Waals surface area contributed by atoms with Gasteiger partial charge in [-0.2, -0.15) is 5.10 Å². The second-order valence-electron chi connectivity index (χ2n) is 7.04. The van der Waals surface area contributed by atoms with Crippen LogP contribution >= 0.6 is 0 Å². The summed E-state index contributed by atoms with van der Waals surface area (Å²) in [4.78, 5) is 36.2. The fraction of sp³-hybridized carbons (Fsp3) is 0.0435. The number of halogens is 1. The number of amides is 3. The highest BCUT2D eigenvalue weighted by Gasteiger charge is 2.20. The molecule has 2 aromatic carbocycles. The fourth-order valence-electron chi connectivity index (χ4n) is 3.20. The van der Waals surface area contributed by atoms with Crippen LogP contribution in [0.5, 0.6) is 0 Å². The van der Waals surface area contributed by atoms with E-state index in [0.29, 0.717) is 17.2 Å². The summed E-state index contributed by atoms with van der Waals surface area (Å²) in [5.74, 6) is -1.54. The molecule has 10 heteroatoms. The summed E-state index contributed by atoms with van der Waals surface area (Å²) in [6.45, 7) is -0.293. The number of benzene rings is 2. The van der Waals surface area contributed by atoms with E-state index in [1.807, 2.05) is 0 Å². The van der Waals surface area contributed by atoms with Crippen molar-refractivity contribution in [3.63, 3.8) is 0 Å². The maximum atomic E-state index is 13.4. The molecule has 0 aliphatic rings. The van der Waals surface area contributed by atoms with Crippen LogP contribution in [0.3, 0.4) is 0 Å². The molecular weight excluding hydrogens is 427 g/mol. The second-order valence-corrected chi connectivity index (χ2v) is 7.04. The van der Waals surface area contributed by atoms with Gasteiger partial charge in [0.15, 0.2) is 5.82 Å². The van der Waals surface area contributed by atoms with Gasteiger partial charge in [0.2, 0.25) is 5.91 Å². The van der Waals surface area contributed by atoms with Crippen molar-refractivity contribution in [1.82, 2.24) is 19.7 Å². The van der Waals surface area contributed by atoms with Crippen LogP contribution in [-0.4, -0.2) is 38.6 Å². The summed E-state index contributed by atoms with van der Waals surface area (Å²) in [6, 6.07) is 15.6. The Kier molecular flexibility index (Phi) is 5.98. The molecule has 0 aliphatic carbocycles. The summed E-state index contributed by atoms with van der Waals surface area (Å²) in [5.41, 5.74) is 6.51. The van der Waals surface area contributed by atoms with Crippen molar-refractivity contribution < 1.29 is 18.8 Å². The first-order chi connectivity index (χ1) is 15.9. The number of nitrogens with one attached hydrogen (secondary N) is 2. The average Bonchev–Trinajstić information content (AvgIpc) is 3.48. The SMILES string of the molecule is NC(=O)CNC(=O)c1cccc(NC(=O)c2cnn(-c3ccc(F)cc3)c2-n2cccc2)c1. The molecule has 4 aromatic rings. The normalized spacial score (nSPS) is 10.6. The molecule has 0 atom stereocenters. The summed E-state index contributed by atoms with van der Waals surface area (Å²) < 4.78 is 16.6. The Morgan fingerprint density at radius 2 is 1.70 bits per heavy atom. The Bertz CT molecular complexity index is 1310. The molecular formula is C23H19FN6O3. The number of anilines is 1. The van der Waals surface area contributed by atoms with E-state index in [-0.39, 0.29) is 23.5 Å². The smallest absolute Gasteiger partial charge is 0.261 e. The predicted molar refractivity (Wildman–Crippen MR) is 119 cm³/mol. The van der Waals surface area contributed by atoms with Crippen LogP contribution in [0, 0.1) is 5.82 Å². The van der Waals surface area contributed by atoms with Crippen LogP contribution in [0.25, 0.3) is 11.5 Å². The second kappa shape index (κ2) is 9.18. The standard InChI is InChI=1S/C23H19FN6O3/c24-16-6-8-18(9-7-16)30-23(29-10-1-2-11-29)19(13-27-30)22(33)28-17-5-3-4-15(12-17)21(32)26-14-20(25)31/h1-13H,14H2,(H2,25,31)(H,26,32)(H,28,33). The van der Waals surface area contributed by atoms with E-state index >= 15 is 0 Å². The lowest BCUT2D eigenvalue weighted by atomic mass is 10.1. The van der Waals surface area contributed by atoms with Crippen molar-refractivity contribution in [3.05, 3.63) is 96.2 Å². The molecule has 0 saturated heterocycles. The zero-order valence-electron chi connectivity index (χ0n) is 17.2. The Morgan fingerprint density at radius 1 is 0.970 bits per heavy atom. The molecule has 33 heavy (non-hydrogen) atoms. The van der Waals surface area contributed by atoms with E-state index in [9.17, 15) is 18.8 Å². The number of aromatic nitrogens is 3. The van der Waals surface area contributed by atoms with Gasteiger partial charge in [-0.05, 0) is 54.6 Å². The maximum Gasteiger partial charge on any atom is 0.261 e. The molecule has 4 rings (SSSR count). The molecule has 4 N–H and O–H groups in total. The monoisotopic (exact) mass is 446 g/mol. The molecule has 2 heterocycles. The molecule has 0 radical (unpaired) electrons. The maximum absolute atomic E-state index is 13.4. The minimum Gasteiger partial charge on any atom is -0.368 e. The molecule has 0 bridgehead atoms. The van der Waals surface area contributed by atoms with Gasteiger partial charge < -0.3 is 20.9 Å². The number of carbonyl (C=O) groups excluding carboxylic acids is 3. The van der Waals surface area contributed by atoms with Gasteiger partial charge in [-0.3, -0.25) is 14.4 Å². The number of carbonyl (C=O) groups is 3. The van der Waals surface area contributed by atoms with Crippen molar-refractivity contribution in [2.24, 2.45) is 5.73 Å². The minimum absolute atomic E-state index is 0.252. The fourth-order valence-corrected chi connectivity index (χ4v) is 3.20. The third-order valence-electron chi connectivity index (χ3n) is 4.71. The lowest BCUT2D eigenvalue weighted by Crippen LogP contribution is -2.33. The quantitative estimate of drug-likeness (QED) is 0.403. The van der Waals surface area contributed by atoms with Gasteiger partial charge in [-0.1, -0.05) is 6.07 Å². The lowest BCUT2D eigenvalue weighted by Gasteiger charge is -2.12. The first kappa shape index (κ1) is 21.5. The summed E-state index contributed by atoms with van der Waals surface area (Å²) in [6.07, 6.45) is 4.94. The first-order valence-electron chi connectivity index (χ1n) is 9.87. The van der Waals surface area contributed by atoms with Gasteiger partial charge in [0.25, 0.3) is 11.8 Å². The molecule has 0 aliphatic heterocycles. The molecule has 3 amide bonds. The molecule has 0 saturated carbocycles. The van der Waals surface area contributed by atoms with Gasteiger partial charge in [0.1, 0.15) is 11.4 Å². The van der Waals surface area contributed by atoms with E-state index in [4.69, 9.17) is 5.73 Å². The topological polar surface area (TPSA) is 124 Å². The van der Waals surface area contributed by atoms with Gasteiger partial charge in [0, 0.05) is 23.6 Å². The van der Waals surface area contributed by atoms with Crippen LogP contribution < -0.4 is 16.4 Å². The first-order valence-corrected chi connectivity index (χ1v) is 9.87. The molecule has 2 aromatic heterocycles. The number of hydrogen-bond acceptors (Lipinski definition) is 4. The largest absolute Gasteiger partial charge is 0.368 e. The zero-order chi connectivity index (χ0) is 23.4. The highest BCUT2D eigenvalue weighted by molar-refractivity contribution is 6.07. The lowest BCUT2D eigenvalue weighted by molar-refractivity contribution is -0.117. The summed E-state index contributed by atoms with van der Waals surface area (Å²) in [5, 5.41) is 9.48. The Balaban J connectivity index is 1.63.